The Morgan fingerprint density at radius 1 is 0.917 bits per heavy atom. The first-order chi connectivity index (χ1) is 16.8. The van der Waals surface area contributed by atoms with Crippen molar-refractivity contribution in [3.8, 4) is 0 Å². The van der Waals surface area contributed by atoms with Crippen molar-refractivity contribution in [2.75, 3.05) is 10.6 Å². The molecule has 1 atom stereocenters. The molecule has 2 amide bonds. The SMILES string of the molecule is CC(C)(C)CC(=O)Nc1ccc(SC(C(=O)Nc2cc(C(F)(F)F)ccc2Cl)c2ccccc2)cc1. The maximum atomic E-state index is 13.2. The van der Waals surface area contributed by atoms with Crippen LogP contribution in [0.25, 0.3) is 0 Å². The summed E-state index contributed by atoms with van der Waals surface area (Å²) in [5.41, 5.74) is 0.138. The molecule has 0 aliphatic rings. The lowest BCUT2D eigenvalue weighted by Gasteiger charge is -2.19. The lowest BCUT2D eigenvalue weighted by Crippen LogP contribution is -2.20. The minimum absolute atomic E-state index is 0.00325. The van der Waals surface area contributed by atoms with E-state index in [2.05, 4.69) is 10.6 Å². The van der Waals surface area contributed by atoms with Gasteiger partial charge in [0.25, 0.3) is 0 Å². The van der Waals surface area contributed by atoms with Gasteiger partial charge in [-0.05, 0) is 53.4 Å². The van der Waals surface area contributed by atoms with E-state index in [0.29, 0.717) is 17.7 Å². The van der Waals surface area contributed by atoms with Gasteiger partial charge in [-0.15, -0.1) is 11.8 Å². The highest BCUT2D eigenvalue weighted by molar-refractivity contribution is 8.00. The number of thioether (sulfide) groups is 1. The normalized spacial score (nSPS) is 12.6. The molecule has 0 radical (unpaired) electrons. The maximum absolute atomic E-state index is 13.2. The standard InChI is InChI=1S/C27H26ClF3N2O2S/c1-26(2,3)16-23(34)32-19-10-12-20(13-11-19)36-24(17-7-5-4-6-8-17)25(35)33-22-15-18(27(29,30)31)9-14-21(22)28/h4-15,24H,16H2,1-3H3,(H,32,34)(H,33,35). The summed E-state index contributed by atoms with van der Waals surface area (Å²) in [5, 5.41) is 4.65. The van der Waals surface area contributed by atoms with Crippen molar-refractivity contribution in [2.45, 2.75) is 43.5 Å². The van der Waals surface area contributed by atoms with Crippen LogP contribution in [-0.2, 0) is 15.8 Å². The molecule has 0 heterocycles. The minimum Gasteiger partial charge on any atom is -0.326 e. The van der Waals surface area contributed by atoms with Gasteiger partial charge in [0.1, 0.15) is 5.25 Å². The van der Waals surface area contributed by atoms with Crippen LogP contribution in [0.4, 0.5) is 24.5 Å². The molecule has 3 aromatic rings. The predicted molar refractivity (Wildman–Crippen MR) is 139 cm³/mol. The van der Waals surface area contributed by atoms with E-state index in [4.69, 9.17) is 11.6 Å². The fourth-order valence-electron chi connectivity index (χ4n) is 3.34. The lowest BCUT2D eigenvalue weighted by molar-refractivity contribution is -0.137. The zero-order chi connectivity index (χ0) is 26.5. The summed E-state index contributed by atoms with van der Waals surface area (Å²) in [5.74, 6) is -0.614. The Balaban J connectivity index is 1.80. The van der Waals surface area contributed by atoms with Crippen molar-refractivity contribution in [3.63, 3.8) is 0 Å². The summed E-state index contributed by atoms with van der Waals surface area (Å²) in [4.78, 5) is 26.2. The molecule has 9 heteroatoms. The molecule has 3 rings (SSSR count). The Bertz CT molecular complexity index is 1210. The summed E-state index contributed by atoms with van der Waals surface area (Å²) >= 11 is 7.31. The van der Waals surface area contributed by atoms with E-state index < -0.39 is 22.9 Å². The van der Waals surface area contributed by atoms with Gasteiger partial charge >= 0.3 is 6.18 Å². The highest BCUT2D eigenvalue weighted by Crippen LogP contribution is 2.38. The van der Waals surface area contributed by atoms with Gasteiger partial charge < -0.3 is 10.6 Å². The van der Waals surface area contributed by atoms with E-state index in [0.717, 1.165) is 23.1 Å². The van der Waals surface area contributed by atoms with Crippen LogP contribution in [0, 0.1) is 5.41 Å². The number of alkyl halides is 3. The Labute approximate surface area is 217 Å². The van der Waals surface area contributed by atoms with Crippen LogP contribution in [-0.4, -0.2) is 11.8 Å². The number of amides is 2. The summed E-state index contributed by atoms with van der Waals surface area (Å²) in [6.07, 6.45) is -4.19. The molecule has 0 saturated carbocycles. The van der Waals surface area contributed by atoms with Crippen molar-refractivity contribution in [3.05, 3.63) is 88.9 Å². The van der Waals surface area contributed by atoms with Crippen molar-refractivity contribution in [2.24, 2.45) is 5.41 Å². The van der Waals surface area contributed by atoms with Crippen LogP contribution < -0.4 is 10.6 Å². The third-order valence-electron chi connectivity index (χ3n) is 4.97. The monoisotopic (exact) mass is 534 g/mol. The van der Waals surface area contributed by atoms with Crippen LogP contribution in [0.1, 0.15) is 43.6 Å². The second kappa shape index (κ2) is 11.4. The van der Waals surface area contributed by atoms with E-state index in [1.807, 2.05) is 26.8 Å². The van der Waals surface area contributed by atoms with E-state index in [1.165, 1.54) is 11.8 Å². The minimum atomic E-state index is -4.57. The molecule has 36 heavy (non-hydrogen) atoms. The lowest BCUT2D eigenvalue weighted by atomic mass is 9.92. The van der Waals surface area contributed by atoms with Crippen molar-refractivity contribution in [1.29, 1.82) is 0 Å². The molecule has 0 fully saturated rings. The third kappa shape index (κ3) is 8.03. The first-order valence-electron chi connectivity index (χ1n) is 11.1. The Kier molecular flexibility index (Phi) is 8.74. The van der Waals surface area contributed by atoms with Crippen LogP contribution in [0.2, 0.25) is 5.02 Å². The number of halogens is 4. The molecule has 4 nitrogen and oxygen atoms in total. The summed E-state index contributed by atoms with van der Waals surface area (Å²) in [6.45, 7) is 5.94. The molecule has 190 valence electrons. The summed E-state index contributed by atoms with van der Waals surface area (Å²) in [6, 6.07) is 18.7. The Morgan fingerprint density at radius 2 is 1.56 bits per heavy atom. The Morgan fingerprint density at radius 3 is 2.14 bits per heavy atom. The van der Waals surface area contributed by atoms with E-state index in [9.17, 15) is 22.8 Å². The zero-order valence-electron chi connectivity index (χ0n) is 19.9. The molecule has 0 bridgehead atoms. The number of benzene rings is 3. The van der Waals surface area contributed by atoms with Gasteiger partial charge in [0, 0.05) is 17.0 Å². The molecule has 0 aliphatic heterocycles. The van der Waals surface area contributed by atoms with Crippen LogP contribution in [0.3, 0.4) is 0 Å². The largest absolute Gasteiger partial charge is 0.416 e. The van der Waals surface area contributed by atoms with Crippen LogP contribution >= 0.6 is 23.4 Å². The van der Waals surface area contributed by atoms with Crippen LogP contribution in [0.5, 0.6) is 0 Å². The number of rotatable bonds is 7. The number of hydrogen-bond acceptors (Lipinski definition) is 3. The third-order valence-corrected chi connectivity index (χ3v) is 6.57. The average Bonchev–Trinajstić information content (AvgIpc) is 2.78. The molecular weight excluding hydrogens is 509 g/mol. The predicted octanol–water partition coefficient (Wildman–Crippen LogP) is 8.21. The van der Waals surface area contributed by atoms with Gasteiger partial charge in [0.15, 0.2) is 0 Å². The fourth-order valence-corrected chi connectivity index (χ4v) is 4.53. The molecule has 0 spiro atoms. The molecule has 0 saturated heterocycles. The Hall–Kier alpha value is -2.97. The molecule has 1 unspecified atom stereocenters. The molecule has 3 aromatic carbocycles. The van der Waals surface area contributed by atoms with E-state index in [1.54, 1.807) is 48.5 Å². The van der Waals surface area contributed by atoms with Crippen molar-refractivity contribution < 1.29 is 22.8 Å². The van der Waals surface area contributed by atoms with E-state index in [-0.39, 0.29) is 22.0 Å². The van der Waals surface area contributed by atoms with Crippen LogP contribution in [0.15, 0.2) is 77.7 Å². The van der Waals surface area contributed by atoms with Gasteiger partial charge in [0.2, 0.25) is 11.8 Å². The topological polar surface area (TPSA) is 58.2 Å². The fraction of sp³-hybridized carbons (Fsp3) is 0.259. The second-order valence-electron chi connectivity index (χ2n) is 9.40. The highest BCUT2D eigenvalue weighted by Gasteiger charge is 2.31. The molecule has 0 aromatic heterocycles. The summed E-state index contributed by atoms with van der Waals surface area (Å²) < 4.78 is 39.5. The first-order valence-corrected chi connectivity index (χ1v) is 12.4. The van der Waals surface area contributed by atoms with Crippen molar-refractivity contribution in [1.82, 2.24) is 0 Å². The maximum Gasteiger partial charge on any atom is 0.416 e. The molecule has 2 N–H and O–H groups in total. The highest BCUT2D eigenvalue weighted by atomic mass is 35.5. The van der Waals surface area contributed by atoms with Gasteiger partial charge in [0.05, 0.1) is 16.3 Å². The second-order valence-corrected chi connectivity index (χ2v) is 11.0. The number of carbonyl (C=O) groups is 2. The van der Waals surface area contributed by atoms with Gasteiger partial charge in [-0.2, -0.15) is 13.2 Å². The zero-order valence-corrected chi connectivity index (χ0v) is 21.5. The van der Waals surface area contributed by atoms with Gasteiger partial charge in [-0.3, -0.25) is 9.59 Å². The van der Waals surface area contributed by atoms with Gasteiger partial charge in [-0.25, -0.2) is 0 Å². The smallest absolute Gasteiger partial charge is 0.326 e. The van der Waals surface area contributed by atoms with Gasteiger partial charge in [-0.1, -0.05) is 62.7 Å². The van der Waals surface area contributed by atoms with Crippen molar-refractivity contribution >= 4 is 46.6 Å². The molecule has 0 aliphatic carbocycles. The number of anilines is 2. The number of carbonyl (C=O) groups excluding carboxylic acids is 2. The van der Waals surface area contributed by atoms with E-state index >= 15 is 0 Å². The summed E-state index contributed by atoms with van der Waals surface area (Å²) in [7, 11) is 0. The number of nitrogens with one attached hydrogen (secondary N) is 2. The quantitative estimate of drug-likeness (QED) is 0.300. The average molecular weight is 535 g/mol. The first kappa shape index (κ1) is 27.6. The molecular formula is C27H26ClF3N2O2S. The number of hydrogen-bond donors (Lipinski definition) is 2.